The van der Waals surface area contributed by atoms with Crippen LogP contribution in [0.3, 0.4) is 0 Å². The zero-order chi connectivity index (χ0) is 20.5. The minimum Gasteiger partial charge on any atom is -0.487 e. The largest absolute Gasteiger partial charge is 0.487 e. The van der Waals surface area contributed by atoms with Gasteiger partial charge < -0.3 is 4.74 Å². The molecule has 0 fully saturated rings. The first-order chi connectivity index (χ1) is 14.8. The third kappa shape index (κ3) is 3.11. The molecule has 5 rings (SSSR count). The van der Waals surface area contributed by atoms with Crippen LogP contribution in [0.1, 0.15) is 35.0 Å². The molecule has 3 aromatic heterocycles. The molecule has 0 aliphatic heterocycles. The van der Waals surface area contributed by atoms with Crippen molar-refractivity contribution >= 4 is 0 Å². The lowest BCUT2D eigenvalue weighted by atomic mass is 10.0. The number of nitrogens with one attached hydrogen (secondary N) is 1. The number of H-pyrrole nitrogens is 1. The van der Waals surface area contributed by atoms with Crippen molar-refractivity contribution in [1.82, 2.24) is 20.2 Å². The van der Waals surface area contributed by atoms with Gasteiger partial charge in [0, 0.05) is 35.5 Å². The van der Waals surface area contributed by atoms with Gasteiger partial charge in [0.05, 0.1) is 17.1 Å². The van der Waals surface area contributed by atoms with Crippen molar-refractivity contribution in [3.8, 4) is 34.3 Å². The number of rotatable bonds is 5. The number of hydrogen-bond acceptors (Lipinski definition) is 5. The number of benzene rings is 1. The molecule has 1 aliphatic carbocycles. The fourth-order valence-corrected chi connectivity index (χ4v) is 3.88. The summed E-state index contributed by atoms with van der Waals surface area (Å²) >= 11 is 0. The first-order valence-corrected chi connectivity index (χ1v) is 9.89. The number of hydrogen-bond donors (Lipinski definition) is 1. The van der Waals surface area contributed by atoms with Crippen LogP contribution in [0.15, 0.2) is 54.9 Å². The van der Waals surface area contributed by atoms with Crippen LogP contribution in [-0.4, -0.2) is 20.2 Å². The molecule has 0 spiro atoms. The summed E-state index contributed by atoms with van der Waals surface area (Å²) in [6.07, 6.45) is 5.14. The summed E-state index contributed by atoms with van der Waals surface area (Å²) in [5, 5.41) is 16.7. The first kappa shape index (κ1) is 18.1. The van der Waals surface area contributed by atoms with Crippen LogP contribution in [-0.2, 0) is 19.4 Å². The summed E-state index contributed by atoms with van der Waals surface area (Å²) in [7, 11) is 0. The molecule has 1 N–H and O–H groups in total. The number of aromatic nitrogens is 4. The highest BCUT2D eigenvalue weighted by molar-refractivity contribution is 5.82. The van der Waals surface area contributed by atoms with Crippen LogP contribution in [0.25, 0.3) is 22.5 Å². The van der Waals surface area contributed by atoms with Gasteiger partial charge in [-0.3, -0.25) is 10.1 Å². The second-order valence-corrected chi connectivity index (χ2v) is 7.23. The monoisotopic (exact) mass is 393 g/mol. The van der Waals surface area contributed by atoms with E-state index in [2.05, 4.69) is 45.3 Å². The quantitative estimate of drug-likeness (QED) is 0.477. The van der Waals surface area contributed by atoms with Gasteiger partial charge in [0.2, 0.25) is 0 Å². The summed E-state index contributed by atoms with van der Waals surface area (Å²) in [6, 6.07) is 15.8. The van der Waals surface area contributed by atoms with Crippen LogP contribution in [0.5, 0.6) is 5.75 Å². The molecule has 0 unspecified atom stereocenters. The Balaban J connectivity index is 1.46. The maximum absolute atomic E-state index is 8.97. The Kier molecular flexibility index (Phi) is 4.49. The normalized spacial score (nSPS) is 11.6. The molecule has 6 nitrogen and oxygen atoms in total. The SMILES string of the molecule is CCc1cc2c(cc1OCc1ccccn1)Cc1c(-c3ccc(C#N)nc3)n[nH]c1-2. The molecule has 0 amide bonds. The van der Waals surface area contributed by atoms with Crippen LogP contribution in [0.2, 0.25) is 0 Å². The fourth-order valence-electron chi connectivity index (χ4n) is 3.88. The zero-order valence-corrected chi connectivity index (χ0v) is 16.5. The number of nitrogens with zero attached hydrogens (tertiary/aromatic N) is 4. The minimum absolute atomic E-state index is 0.400. The highest BCUT2D eigenvalue weighted by Crippen LogP contribution is 2.42. The summed E-state index contributed by atoms with van der Waals surface area (Å²) in [5.41, 5.74) is 8.85. The van der Waals surface area contributed by atoms with Gasteiger partial charge in [-0.1, -0.05) is 13.0 Å². The third-order valence-corrected chi connectivity index (χ3v) is 5.42. The van der Waals surface area contributed by atoms with E-state index in [0.717, 1.165) is 52.4 Å². The van der Waals surface area contributed by atoms with Gasteiger partial charge in [0.1, 0.15) is 24.1 Å². The summed E-state index contributed by atoms with van der Waals surface area (Å²) in [6.45, 7) is 2.58. The maximum Gasteiger partial charge on any atom is 0.140 e. The van der Waals surface area contributed by atoms with Crippen molar-refractivity contribution in [2.75, 3.05) is 0 Å². The molecule has 146 valence electrons. The molecule has 30 heavy (non-hydrogen) atoms. The van der Waals surface area contributed by atoms with E-state index in [4.69, 9.17) is 10.00 Å². The first-order valence-electron chi connectivity index (χ1n) is 9.89. The average molecular weight is 393 g/mol. The predicted molar refractivity (Wildman–Crippen MR) is 113 cm³/mol. The third-order valence-electron chi connectivity index (χ3n) is 5.42. The molecule has 0 radical (unpaired) electrons. The van der Waals surface area contributed by atoms with Gasteiger partial charge in [0.25, 0.3) is 0 Å². The Morgan fingerprint density at radius 1 is 1.17 bits per heavy atom. The number of pyridine rings is 2. The van der Waals surface area contributed by atoms with Gasteiger partial charge in [-0.25, -0.2) is 4.98 Å². The van der Waals surface area contributed by atoms with Crippen molar-refractivity contribution in [1.29, 1.82) is 5.26 Å². The summed E-state index contributed by atoms with van der Waals surface area (Å²) < 4.78 is 6.13. The van der Waals surface area contributed by atoms with Crippen molar-refractivity contribution in [2.24, 2.45) is 0 Å². The second-order valence-electron chi connectivity index (χ2n) is 7.23. The average Bonchev–Trinajstić information content (AvgIpc) is 3.36. The lowest BCUT2D eigenvalue weighted by molar-refractivity contribution is 0.298. The molecule has 0 bridgehead atoms. The van der Waals surface area contributed by atoms with Gasteiger partial charge >= 0.3 is 0 Å². The molecule has 0 saturated carbocycles. The van der Waals surface area contributed by atoms with Gasteiger partial charge in [-0.05, 0) is 53.9 Å². The van der Waals surface area contributed by atoms with Gasteiger partial charge in [-0.2, -0.15) is 10.4 Å². The predicted octanol–water partition coefficient (Wildman–Crippen LogP) is 4.45. The molecule has 1 aromatic carbocycles. The van der Waals surface area contributed by atoms with E-state index >= 15 is 0 Å². The lowest BCUT2D eigenvalue weighted by Gasteiger charge is -2.13. The van der Waals surface area contributed by atoms with Crippen LogP contribution >= 0.6 is 0 Å². The van der Waals surface area contributed by atoms with Gasteiger partial charge in [-0.15, -0.1) is 0 Å². The van der Waals surface area contributed by atoms with E-state index in [1.165, 1.54) is 11.1 Å². The fraction of sp³-hybridized carbons (Fsp3) is 0.167. The van der Waals surface area contributed by atoms with Crippen molar-refractivity contribution in [2.45, 2.75) is 26.4 Å². The Hall–Kier alpha value is -3.98. The number of ether oxygens (including phenoxy) is 1. The molecular weight excluding hydrogens is 374 g/mol. The highest BCUT2D eigenvalue weighted by atomic mass is 16.5. The van der Waals surface area contributed by atoms with E-state index in [0.29, 0.717) is 12.3 Å². The maximum atomic E-state index is 8.97. The second kappa shape index (κ2) is 7.45. The Morgan fingerprint density at radius 2 is 2.10 bits per heavy atom. The topological polar surface area (TPSA) is 87.5 Å². The minimum atomic E-state index is 0.400. The Morgan fingerprint density at radius 3 is 2.83 bits per heavy atom. The Bertz CT molecular complexity index is 1250. The molecule has 4 aromatic rings. The van der Waals surface area contributed by atoms with Crippen LogP contribution < -0.4 is 4.74 Å². The van der Waals surface area contributed by atoms with Gasteiger partial charge in [0.15, 0.2) is 0 Å². The smallest absolute Gasteiger partial charge is 0.140 e. The number of aryl methyl sites for hydroxylation is 1. The Labute approximate surface area is 174 Å². The summed E-state index contributed by atoms with van der Waals surface area (Å²) in [5.74, 6) is 0.904. The van der Waals surface area contributed by atoms with E-state index in [1.807, 2.05) is 24.3 Å². The molecule has 0 saturated heterocycles. The summed E-state index contributed by atoms with van der Waals surface area (Å²) in [4.78, 5) is 8.52. The van der Waals surface area contributed by atoms with E-state index in [1.54, 1.807) is 18.5 Å². The van der Waals surface area contributed by atoms with Crippen LogP contribution in [0, 0.1) is 11.3 Å². The lowest BCUT2D eigenvalue weighted by Crippen LogP contribution is -2.01. The standard InChI is InChI=1S/C24H19N5O/c1-2-15-9-20-17(11-22(15)30-14-19-5-3-4-8-26-19)10-21-23(28-29-24(20)21)16-6-7-18(12-25)27-13-16/h3-9,11,13H,2,10,14H2,1H3,(H,28,29). The molecule has 3 heterocycles. The zero-order valence-electron chi connectivity index (χ0n) is 16.5. The molecule has 1 aliphatic rings. The molecular formula is C24H19N5O. The van der Waals surface area contributed by atoms with E-state index in [-0.39, 0.29) is 0 Å². The van der Waals surface area contributed by atoms with Crippen molar-refractivity contribution in [3.63, 3.8) is 0 Å². The van der Waals surface area contributed by atoms with E-state index < -0.39 is 0 Å². The number of aromatic amines is 1. The van der Waals surface area contributed by atoms with Crippen molar-refractivity contribution in [3.05, 3.63) is 82.9 Å². The molecule has 6 heteroatoms. The highest BCUT2D eigenvalue weighted by Gasteiger charge is 2.27. The van der Waals surface area contributed by atoms with E-state index in [9.17, 15) is 0 Å². The molecule has 0 atom stereocenters. The number of fused-ring (bicyclic) bond motifs is 3. The van der Waals surface area contributed by atoms with Crippen LogP contribution in [0.4, 0.5) is 0 Å². The van der Waals surface area contributed by atoms with Crippen molar-refractivity contribution < 1.29 is 4.74 Å². The number of nitriles is 1.